The highest BCUT2D eigenvalue weighted by Gasteiger charge is 2.16. The molecule has 0 unspecified atom stereocenters. The lowest BCUT2D eigenvalue weighted by molar-refractivity contribution is -0.119. The fourth-order valence-electron chi connectivity index (χ4n) is 3.32. The molecule has 128 valence electrons. The van der Waals surface area contributed by atoms with Crippen molar-refractivity contribution in [3.63, 3.8) is 0 Å². The maximum absolute atomic E-state index is 12.3. The van der Waals surface area contributed by atoms with Crippen LogP contribution < -0.4 is 0 Å². The number of hydrogen-bond donors (Lipinski definition) is 0. The van der Waals surface area contributed by atoms with Gasteiger partial charge in [-0.1, -0.05) is 12.1 Å². The van der Waals surface area contributed by atoms with Gasteiger partial charge in [-0.15, -0.1) is 0 Å². The fraction of sp³-hybridized carbons (Fsp3) is 0.368. The molecule has 0 N–H and O–H groups in total. The van der Waals surface area contributed by atoms with E-state index >= 15 is 0 Å². The number of likely N-dealkylation sites (tertiary alicyclic amines) is 1. The molecule has 1 fully saturated rings. The lowest BCUT2D eigenvalue weighted by Gasteiger charge is -2.12. The Bertz CT molecular complexity index is 911. The van der Waals surface area contributed by atoms with E-state index in [4.69, 9.17) is 0 Å². The Morgan fingerprint density at radius 2 is 2.00 bits per heavy atom. The van der Waals surface area contributed by atoms with Crippen LogP contribution in [0.5, 0.6) is 0 Å². The standard InChI is InChI=1S/C19H21N5O/c1-23-12-16(11-21-23)14-4-5-15-10-20-19(22-18(15)8-14)9-17(25)13-24-6-2-3-7-24/h4-5,8,10-12H,2-3,6-7,9,13H2,1H3. The molecule has 1 aromatic carbocycles. The number of Topliss-reactive ketones (excluding diaryl/α,β-unsaturated/α-hetero) is 1. The van der Waals surface area contributed by atoms with Crippen LogP contribution in [0.2, 0.25) is 0 Å². The number of fused-ring (bicyclic) bond motifs is 1. The fourth-order valence-corrected chi connectivity index (χ4v) is 3.32. The molecule has 0 amide bonds. The average Bonchev–Trinajstić information content (AvgIpc) is 3.26. The number of hydrogen-bond acceptors (Lipinski definition) is 5. The summed E-state index contributed by atoms with van der Waals surface area (Å²) in [5.41, 5.74) is 2.98. The zero-order valence-electron chi connectivity index (χ0n) is 14.4. The van der Waals surface area contributed by atoms with Gasteiger partial charge in [-0.05, 0) is 37.6 Å². The number of rotatable bonds is 5. The summed E-state index contributed by atoms with van der Waals surface area (Å²) in [6, 6.07) is 6.08. The van der Waals surface area contributed by atoms with E-state index in [0.717, 1.165) is 35.1 Å². The summed E-state index contributed by atoms with van der Waals surface area (Å²) in [5.74, 6) is 0.782. The molecule has 3 heterocycles. The third-order valence-electron chi connectivity index (χ3n) is 4.62. The van der Waals surface area contributed by atoms with E-state index in [9.17, 15) is 4.79 Å². The summed E-state index contributed by atoms with van der Waals surface area (Å²) >= 11 is 0. The number of nitrogens with zero attached hydrogens (tertiary/aromatic N) is 5. The minimum Gasteiger partial charge on any atom is -0.298 e. The van der Waals surface area contributed by atoms with Crippen LogP contribution in [-0.4, -0.2) is 50.1 Å². The number of carbonyl (C=O) groups is 1. The molecular weight excluding hydrogens is 314 g/mol. The molecule has 6 nitrogen and oxygen atoms in total. The minimum absolute atomic E-state index is 0.185. The van der Waals surface area contributed by atoms with Crippen molar-refractivity contribution in [2.24, 2.45) is 7.05 Å². The smallest absolute Gasteiger partial charge is 0.154 e. The van der Waals surface area contributed by atoms with Crippen LogP contribution in [0.1, 0.15) is 18.7 Å². The first-order chi connectivity index (χ1) is 12.2. The normalized spacial score (nSPS) is 15.1. The highest BCUT2D eigenvalue weighted by molar-refractivity contribution is 5.85. The van der Waals surface area contributed by atoms with Gasteiger partial charge in [-0.25, -0.2) is 9.97 Å². The first kappa shape index (κ1) is 15.9. The highest BCUT2D eigenvalue weighted by atomic mass is 16.1. The Morgan fingerprint density at radius 1 is 1.16 bits per heavy atom. The summed E-state index contributed by atoms with van der Waals surface area (Å²) in [7, 11) is 1.90. The van der Waals surface area contributed by atoms with Crippen molar-refractivity contribution in [2.75, 3.05) is 19.6 Å². The van der Waals surface area contributed by atoms with Gasteiger partial charge in [0.2, 0.25) is 0 Å². The van der Waals surface area contributed by atoms with Crippen LogP contribution in [0.3, 0.4) is 0 Å². The zero-order chi connectivity index (χ0) is 17.2. The van der Waals surface area contributed by atoms with Crippen molar-refractivity contribution < 1.29 is 4.79 Å². The average molecular weight is 335 g/mol. The van der Waals surface area contributed by atoms with Crippen molar-refractivity contribution in [3.05, 3.63) is 42.6 Å². The van der Waals surface area contributed by atoms with Crippen molar-refractivity contribution in [1.82, 2.24) is 24.6 Å². The Balaban J connectivity index is 1.54. The van der Waals surface area contributed by atoms with Gasteiger partial charge in [0.1, 0.15) is 5.82 Å². The molecule has 1 saturated heterocycles. The van der Waals surface area contributed by atoms with Gasteiger partial charge in [0.25, 0.3) is 0 Å². The van der Waals surface area contributed by atoms with Crippen molar-refractivity contribution in [3.8, 4) is 11.1 Å². The first-order valence-electron chi connectivity index (χ1n) is 8.66. The molecule has 0 aliphatic carbocycles. The largest absolute Gasteiger partial charge is 0.298 e. The third kappa shape index (κ3) is 3.58. The van der Waals surface area contributed by atoms with Crippen molar-refractivity contribution >= 4 is 16.7 Å². The predicted molar refractivity (Wildman–Crippen MR) is 96.1 cm³/mol. The molecular formula is C19H21N5O. The van der Waals surface area contributed by atoms with Crippen molar-refractivity contribution in [1.29, 1.82) is 0 Å². The summed E-state index contributed by atoms with van der Waals surface area (Å²) in [4.78, 5) is 23.4. The molecule has 6 heteroatoms. The van der Waals surface area contributed by atoms with E-state index in [0.29, 0.717) is 18.8 Å². The molecule has 3 aromatic rings. The van der Waals surface area contributed by atoms with Gasteiger partial charge in [0.15, 0.2) is 5.78 Å². The molecule has 0 spiro atoms. The van der Waals surface area contributed by atoms with Crippen LogP contribution in [0.25, 0.3) is 22.0 Å². The lowest BCUT2D eigenvalue weighted by atomic mass is 10.1. The van der Waals surface area contributed by atoms with Gasteiger partial charge in [-0.3, -0.25) is 14.4 Å². The summed E-state index contributed by atoms with van der Waals surface area (Å²) < 4.78 is 1.78. The van der Waals surface area contributed by atoms with Crippen LogP contribution in [-0.2, 0) is 18.3 Å². The molecule has 1 aliphatic heterocycles. The van der Waals surface area contributed by atoms with E-state index < -0.39 is 0 Å². The second kappa shape index (κ2) is 6.72. The van der Waals surface area contributed by atoms with E-state index in [1.165, 1.54) is 12.8 Å². The molecule has 0 bridgehead atoms. The molecule has 25 heavy (non-hydrogen) atoms. The second-order valence-corrected chi connectivity index (χ2v) is 6.66. The Hall–Kier alpha value is -2.60. The number of benzene rings is 1. The Labute approximate surface area is 146 Å². The van der Waals surface area contributed by atoms with E-state index in [1.807, 2.05) is 37.6 Å². The second-order valence-electron chi connectivity index (χ2n) is 6.66. The van der Waals surface area contributed by atoms with Gasteiger partial charge in [0.05, 0.1) is 24.7 Å². The zero-order valence-corrected chi connectivity index (χ0v) is 14.4. The summed E-state index contributed by atoms with van der Waals surface area (Å²) in [6.45, 7) is 2.56. The highest BCUT2D eigenvalue weighted by Crippen LogP contribution is 2.22. The number of aryl methyl sites for hydroxylation is 1. The Kier molecular flexibility index (Phi) is 4.28. The van der Waals surface area contributed by atoms with Crippen LogP contribution in [0.4, 0.5) is 0 Å². The maximum Gasteiger partial charge on any atom is 0.154 e. The molecule has 0 atom stereocenters. The third-order valence-corrected chi connectivity index (χ3v) is 4.62. The molecule has 0 radical (unpaired) electrons. The quantitative estimate of drug-likeness (QED) is 0.715. The molecule has 2 aromatic heterocycles. The van der Waals surface area contributed by atoms with Gasteiger partial charge >= 0.3 is 0 Å². The molecule has 1 aliphatic rings. The summed E-state index contributed by atoms with van der Waals surface area (Å²) in [6.07, 6.45) is 8.29. The van der Waals surface area contributed by atoms with Crippen LogP contribution in [0, 0.1) is 0 Å². The van der Waals surface area contributed by atoms with Gasteiger partial charge in [0, 0.05) is 30.4 Å². The van der Waals surface area contributed by atoms with Crippen LogP contribution in [0.15, 0.2) is 36.8 Å². The van der Waals surface area contributed by atoms with E-state index in [2.05, 4.69) is 20.0 Å². The van der Waals surface area contributed by atoms with E-state index in [1.54, 1.807) is 10.9 Å². The van der Waals surface area contributed by atoms with Gasteiger partial charge < -0.3 is 0 Å². The van der Waals surface area contributed by atoms with Crippen LogP contribution >= 0.6 is 0 Å². The Morgan fingerprint density at radius 3 is 2.76 bits per heavy atom. The minimum atomic E-state index is 0.185. The topological polar surface area (TPSA) is 63.9 Å². The lowest BCUT2D eigenvalue weighted by Crippen LogP contribution is -2.28. The predicted octanol–water partition coefficient (Wildman–Crippen LogP) is 2.24. The van der Waals surface area contributed by atoms with Gasteiger partial charge in [-0.2, -0.15) is 5.10 Å². The molecule has 0 saturated carbocycles. The number of carbonyl (C=O) groups excluding carboxylic acids is 1. The molecule has 4 rings (SSSR count). The maximum atomic E-state index is 12.3. The van der Waals surface area contributed by atoms with Crippen molar-refractivity contribution in [2.45, 2.75) is 19.3 Å². The monoisotopic (exact) mass is 335 g/mol. The SMILES string of the molecule is Cn1cc(-c2ccc3cnc(CC(=O)CN4CCCC4)nc3c2)cn1. The van der Waals surface area contributed by atoms with E-state index in [-0.39, 0.29) is 5.78 Å². The number of aromatic nitrogens is 4. The number of ketones is 1. The summed E-state index contributed by atoms with van der Waals surface area (Å²) in [5, 5.41) is 5.19. The first-order valence-corrected chi connectivity index (χ1v) is 8.66.